The molecule has 29 heavy (non-hydrogen) atoms. The smallest absolute Gasteiger partial charge is 0.416 e. The van der Waals surface area contributed by atoms with Crippen LogP contribution in [-0.4, -0.2) is 30.2 Å². The van der Waals surface area contributed by atoms with Crippen LogP contribution >= 0.6 is 11.8 Å². The molecular formula is C20H21F3N2O3S. The number of nitrogens with one attached hydrogen (secondary N) is 2. The van der Waals surface area contributed by atoms with Gasteiger partial charge in [-0.15, -0.1) is 11.8 Å². The maximum absolute atomic E-state index is 12.5. The quantitative estimate of drug-likeness (QED) is 0.487. The summed E-state index contributed by atoms with van der Waals surface area (Å²) in [7, 11) is 0. The summed E-state index contributed by atoms with van der Waals surface area (Å²) in [5.74, 6) is -0.0393. The Morgan fingerprint density at radius 3 is 2.24 bits per heavy atom. The van der Waals surface area contributed by atoms with Crippen LogP contribution in [0.3, 0.4) is 0 Å². The standard InChI is InChI=1S/C20H21F3N2O3S/c1-13(29-18-9-5-16(6-10-18)25-14(2)26)19(27)24-11-12-28-17-7-3-15(4-8-17)20(21,22)23/h3-10,13H,11-12H2,1-2H3,(H,24,27)(H,25,26). The molecule has 0 fully saturated rings. The van der Waals surface area contributed by atoms with Crippen LogP contribution in [0, 0.1) is 0 Å². The normalized spacial score (nSPS) is 12.2. The zero-order valence-corrected chi connectivity index (χ0v) is 16.7. The maximum atomic E-state index is 12.5. The van der Waals surface area contributed by atoms with Crippen molar-refractivity contribution in [1.29, 1.82) is 0 Å². The van der Waals surface area contributed by atoms with Crippen molar-refractivity contribution < 1.29 is 27.5 Å². The summed E-state index contributed by atoms with van der Waals surface area (Å²) in [6.45, 7) is 3.56. The molecule has 2 aromatic rings. The lowest BCUT2D eigenvalue weighted by molar-refractivity contribution is -0.137. The van der Waals surface area contributed by atoms with Gasteiger partial charge in [-0.1, -0.05) is 0 Å². The number of amides is 2. The van der Waals surface area contributed by atoms with Crippen molar-refractivity contribution >= 4 is 29.3 Å². The molecule has 1 atom stereocenters. The third kappa shape index (κ3) is 7.69. The fraction of sp³-hybridized carbons (Fsp3) is 0.300. The van der Waals surface area contributed by atoms with E-state index in [1.54, 1.807) is 19.1 Å². The zero-order chi connectivity index (χ0) is 21.4. The maximum Gasteiger partial charge on any atom is 0.416 e. The van der Waals surface area contributed by atoms with Gasteiger partial charge in [0.15, 0.2) is 0 Å². The fourth-order valence-corrected chi connectivity index (χ4v) is 3.20. The van der Waals surface area contributed by atoms with Crippen molar-refractivity contribution in [3.05, 3.63) is 54.1 Å². The molecule has 2 aromatic carbocycles. The second kappa shape index (κ2) is 10.2. The van der Waals surface area contributed by atoms with E-state index in [1.165, 1.54) is 30.8 Å². The molecule has 2 amide bonds. The minimum Gasteiger partial charge on any atom is -0.492 e. The number of halogens is 3. The van der Waals surface area contributed by atoms with Gasteiger partial charge in [0, 0.05) is 17.5 Å². The predicted octanol–water partition coefficient (Wildman–Crippen LogP) is 4.34. The SMILES string of the molecule is CC(=O)Nc1ccc(SC(C)C(=O)NCCOc2ccc(C(F)(F)F)cc2)cc1. The molecule has 2 N–H and O–H groups in total. The summed E-state index contributed by atoms with van der Waals surface area (Å²) in [6.07, 6.45) is -4.38. The second-order valence-corrected chi connectivity index (χ2v) is 7.54. The molecule has 1 unspecified atom stereocenters. The van der Waals surface area contributed by atoms with E-state index in [9.17, 15) is 22.8 Å². The predicted molar refractivity (Wildman–Crippen MR) is 106 cm³/mol. The molecule has 0 radical (unpaired) electrons. The Morgan fingerprint density at radius 2 is 1.69 bits per heavy atom. The highest BCUT2D eigenvalue weighted by atomic mass is 32.2. The highest BCUT2D eigenvalue weighted by Gasteiger charge is 2.30. The van der Waals surface area contributed by atoms with Crippen LogP contribution in [0.5, 0.6) is 5.75 Å². The lowest BCUT2D eigenvalue weighted by atomic mass is 10.2. The second-order valence-electron chi connectivity index (χ2n) is 6.13. The molecular weight excluding hydrogens is 405 g/mol. The number of carbonyl (C=O) groups is 2. The highest BCUT2D eigenvalue weighted by molar-refractivity contribution is 8.00. The summed E-state index contributed by atoms with van der Waals surface area (Å²) in [5, 5.41) is 5.04. The zero-order valence-electron chi connectivity index (χ0n) is 15.9. The minimum atomic E-state index is -4.38. The van der Waals surface area contributed by atoms with Crippen LogP contribution in [-0.2, 0) is 15.8 Å². The Balaban J connectivity index is 1.72. The van der Waals surface area contributed by atoms with Gasteiger partial charge in [-0.2, -0.15) is 13.2 Å². The van der Waals surface area contributed by atoms with Crippen LogP contribution in [0.4, 0.5) is 18.9 Å². The van der Waals surface area contributed by atoms with Crippen molar-refractivity contribution in [2.45, 2.75) is 30.2 Å². The van der Waals surface area contributed by atoms with Gasteiger partial charge >= 0.3 is 6.18 Å². The van der Waals surface area contributed by atoms with E-state index in [0.29, 0.717) is 11.4 Å². The van der Waals surface area contributed by atoms with E-state index in [-0.39, 0.29) is 30.2 Å². The molecule has 156 valence electrons. The van der Waals surface area contributed by atoms with E-state index in [2.05, 4.69) is 10.6 Å². The number of hydrogen-bond acceptors (Lipinski definition) is 4. The number of benzene rings is 2. The summed E-state index contributed by atoms with van der Waals surface area (Å²) in [4.78, 5) is 24.0. The monoisotopic (exact) mass is 426 g/mol. The van der Waals surface area contributed by atoms with Crippen LogP contribution in [0.15, 0.2) is 53.4 Å². The number of alkyl halides is 3. The van der Waals surface area contributed by atoms with Gasteiger partial charge in [0.2, 0.25) is 11.8 Å². The number of ether oxygens (including phenoxy) is 1. The van der Waals surface area contributed by atoms with E-state index in [0.717, 1.165) is 17.0 Å². The highest BCUT2D eigenvalue weighted by Crippen LogP contribution is 2.30. The molecule has 0 spiro atoms. The number of anilines is 1. The van der Waals surface area contributed by atoms with Crippen molar-refractivity contribution in [3.8, 4) is 5.75 Å². The Morgan fingerprint density at radius 1 is 1.07 bits per heavy atom. The Labute approximate surface area is 171 Å². The van der Waals surface area contributed by atoms with Crippen LogP contribution in [0.1, 0.15) is 19.4 Å². The number of rotatable bonds is 8. The Kier molecular flexibility index (Phi) is 7.95. The summed E-state index contributed by atoms with van der Waals surface area (Å²) in [5.41, 5.74) is -0.0616. The van der Waals surface area contributed by atoms with Gasteiger partial charge in [0.25, 0.3) is 0 Å². The molecule has 0 aliphatic carbocycles. The fourth-order valence-electron chi connectivity index (χ4n) is 2.30. The summed E-state index contributed by atoms with van der Waals surface area (Å²) < 4.78 is 42.9. The van der Waals surface area contributed by atoms with E-state index in [4.69, 9.17) is 4.74 Å². The summed E-state index contributed by atoms with van der Waals surface area (Å²) >= 11 is 1.37. The van der Waals surface area contributed by atoms with Gasteiger partial charge in [0.1, 0.15) is 12.4 Å². The first-order valence-electron chi connectivity index (χ1n) is 8.77. The van der Waals surface area contributed by atoms with E-state index in [1.807, 2.05) is 12.1 Å². The molecule has 0 saturated heterocycles. The van der Waals surface area contributed by atoms with Crippen LogP contribution < -0.4 is 15.4 Å². The lowest BCUT2D eigenvalue weighted by Gasteiger charge is -2.13. The van der Waals surface area contributed by atoms with Gasteiger partial charge < -0.3 is 15.4 Å². The molecule has 0 aliphatic heterocycles. The average molecular weight is 426 g/mol. The molecule has 0 aromatic heterocycles. The molecule has 0 heterocycles. The van der Waals surface area contributed by atoms with Crippen molar-refractivity contribution in [1.82, 2.24) is 5.32 Å². The first kappa shape index (κ1) is 22.6. The third-order valence-electron chi connectivity index (χ3n) is 3.71. The number of carbonyl (C=O) groups excluding carboxylic acids is 2. The number of hydrogen-bond donors (Lipinski definition) is 2. The molecule has 2 rings (SSSR count). The first-order chi connectivity index (χ1) is 13.6. The topological polar surface area (TPSA) is 67.4 Å². The first-order valence-corrected chi connectivity index (χ1v) is 9.65. The molecule has 0 bridgehead atoms. The molecule has 0 saturated carbocycles. The van der Waals surface area contributed by atoms with Gasteiger partial charge in [0.05, 0.1) is 17.4 Å². The van der Waals surface area contributed by atoms with Crippen molar-refractivity contribution in [2.75, 3.05) is 18.5 Å². The largest absolute Gasteiger partial charge is 0.492 e. The lowest BCUT2D eigenvalue weighted by Crippen LogP contribution is -2.33. The van der Waals surface area contributed by atoms with E-state index >= 15 is 0 Å². The van der Waals surface area contributed by atoms with E-state index < -0.39 is 11.7 Å². The van der Waals surface area contributed by atoms with Gasteiger partial charge in [-0.25, -0.2) is 0 Å². The average Bonchev–Trinajstić information content (AvgIpc) is 2.66. The number of thioether (sulfide) groups is 1. The Hall–Kier alpha value is -2.68. The van der Waals surface area contributed by atoms with Crippen LogP contribution in [0.2, 0.25) is 0 Å². The molecule has 0 aliphatic rings. The van der Waals surface area contributed by atoms with Gasteiger partial charge in [-0.3, -0.25) is 9.59 Å². The third-order valence-corrected chi connectivity index (χ3v) is 4.82. The molecule has 5 nitrogen and oxygen atoms in total. The van der Waals surface area contributed by atoms with Crippen molar-refractivity contribution in [3.63, 3.8) is 0 Å². The minimum absolute atomic E-state index is 0.139. The van der Waals surface area contributed by atoms with Crippen molar-refractivity contribution in [2.24, 2.45) is 0 Å². The van der Waals surface area contributed by atoms with Crippen LogP contribution in [0.25, 0.3) is 0 Å². The molecule has 9 heteroatoms. The van der Waals surface area contributed by atoms with Gasteiger partial charge in [-0.05, 0) is 55.5 Å². The Bertz CT molecular complexity index is 824. The summed E-state index contributed by atoms with van der Waals surface area (Å²) in [6, 6.07) is 11.5.